The summed E-state index contributed by atoms with van der Waals surface area (Å²) in [4.78, 5) is 31.9. The first-order valence-electron chi connectivity index (χ1n) is 12.3. The van der Waals surface area contributed by atoms with Crippen molar-refractivity contribution in [3.63, 3.8) is 0 Å². The zero-order valence-electron chi connectivity index (χ0n) is 20.2. The summed E-state index contributed by atoms with van der Waals surface area (Å²) in [5, 5.41) is 3.61. The molecule has 182 valence electrons. The number of carbonyl (C=O) groups is 1. The number of benzene rings is 1. The summed E-state index contributed by atoms with van der Waals surface area (Å²) in [5.41, 5.74) is 2.92. The van der Waals surface area contributed by atoms with E-state index in [1.165, 1.54) is 0 Å². The normalized spacial score (nSPS) is 21.4. The van der Waals surface area contributed by atoms with Gasteiger partial charge in [0.05, 0.1) is 49.1 Å². The van der Waals surface area contributed by atoms with Crippen molar-refractivity contribution in [1.29, 1.82) is 0 Å². The maximum Gasteiger partial charge on any atom is 0.251 e. The van der Waals surface area contributed by atoms with E-state index in [1.54, 1.807) is 13.1 Å². The Balaban J connectivity index is 1.48. The number of amides is 1. The maximum absolute atomic E-state index is 12.2. The molecular weight excluding hydrogens is 444 g/mol. The van der Waals surface area contributed by atoms with E-state index in [9.17, 15) is 4.79 Å². The molecule has 3 aromatic rings. The second-order valence-corrected chi connectivity index (χ2v) is 9.62. The minimum Gasteiger partial charge on any atom is -0.377 e. The second kappa shape index (κ2) is 8.73. The Labute approximate surface area is 204 Å². The predicted molar refractivity (Wildman–Crippen MR) is 134 cm³/mol. The van der Waals surface area contributed by atoms with E-state index >= 15 is 0 Å². The van der Waals surface area contributed by atoms with Crippen LogP contribution in [0.5, 0.6) is 0 Å². The number of nitrogens with one attached hydrogen (secondary N) is 1. The van der Waals surface area contributed by atoms with Crippen LogP contribution in [0.4, 0.5) is 11.8 Å². The molecule has 9 nitrogen and oxygen atoms in total. The molecule has 35 heavy (non-hydrogen) atoms. The molecule has 9 heteroatoms. The quantitative estimate of drug-likeness (QED) is 0.617. The summed E-state index contributed by atoms with van der Waals surface area (Å²) in [6.07, 6.45) is 2.19. The van der Waals surface area contributed by atoms with Crippen molar-refractivity contribution in [3.05, 3.63) is 42.0 Å². The zero-order valence-corrected chi connectivity index (χ0v) is 20.2. The van der Waals surface area contributed by atoms with E-state index in [1.807, 2.05) is 24.3 Å². The monoisotopic (exact) mass is 474 g/mol. The minimum absolute atomic E-state index is 0.0132. The Kier molecular flexibility index (Phi) is 5.53. The highest BCUT2D eigenvalue weighted by Crippen LogP contribution is 2.45. The molecule has 1 saturated carbocycles. The molecule has 2 aliphatic heterocycles. The lowest BCUT2D eigenvalue weighted by Crippen LogP contribution is -2.49. The molecular formula is C26H30N6O3. The first-order chi connectivity index (χ1) is 17.1. The fourth-order valence-electron chi connectivity index (χ4n) is 5.09. The number of hydrogen-bond acceptors (Lipinski definition) is 8. The SMILES string of the molecule is CNC(=O)c1cccc(-c2ccc3c(N4CCOC[C@@H]4C)nc(N4CCOCC45CC5)nc3n2)c1. The molecule has 1 amide bonds. The fraction of sp³-hybridized carbons (Fsp3) is 0.462. The highest BCUT2D eigenvalue weighted by molar-refractivity contribution is 5.95. The molecule has 0 radical (unpaired) electrons. The van der Waals surface area contributed by atoms with Crippen molar-refractivity contribution in [2.75, 3.05) is 56.4 Å². The van der Waals surface area contributed by atoms with Crippen molar-refractivity contribution in [2.24, 2.45) is 0 Å². The van der Waals surface area contributed by atoms with Gasteiger partial charge in [0.15, 0.2) is 5.65 Å². The highest BCUT2D eigenvalue weighted by Gasteiger charge is 2.51. The van der Waals surface area contributed by atoms with Gasteiger partial charge in [0.1, 0.15) is 5.82 Å². The van der Waals surface area contributed by atoms with E-state index in [-0.39, 0.29) is 17.5 Å². The van der Waals surface area contributed by atoms with Crippen LogP contribution in [0.2, 0.25) is 0 Å². The molecule has 0 unspecified atom stereocenters. The van der Waals surface area contributed by atoms with Crippen LogP contribution in [0.3, 0.4) is 0 Å². The average Bonchev–Trinajstić information content (AvgIpc) is 3.67. The van der Waals surface area contributed by atoms with Crippen LogP contribution in [-0.4, -0.2) is 79.0 Å². The molecule has 2 saturated heterocycles. The Hall–Kier alpha value is -3.30. The van der Waals surface area contributed by atoms with E-state index < -0.39 is 0 Å². The first-order valence-corrected chi connectivity index (χ1v) is 12.3. The maximum atomic E-state index is 12.2. The summed E-state index contributed by atoms with van der Waals surface area (Å²) >= 11 is 0. The van der Waals surface area contributed by atoms with Crippen molar-refractivity contribution in [2.45, 2.75) is 31.3 Å². The lowest BCUT2D eigenvalue weighted by molar-refractivity contribution is 0.0855. The van der Waals surface area contributed by atoms with Gasteiger partial charge in [-0.1, -0.05) is 12.1 Å². The number of ether oxygens (including phenoxy) is 2. The molecule has 1 atom stereocenters. The third kappa shape index (κ3) is 3.98. The summed E-state index contributed by atoms with van der Waals surface area (Å²) in [6.45, 7) is 6.44. The zero-order chi connectivity index (χ0) is 24.0. The molecule has 1 aliphatic carbocycles. The Bertz CT molecular complexity index is 1280. The topological polar surface area (TPSA) is 92.7 Å². The number of anilines is 2. The second-order valence-electron chi connectivity index (χ2n) is 9.62. The van der Waals surface area contributed by atoms with Crippen molar-refractivity contribution < 1.29 is 14.3 Å². The number of aromatic nitrogens is 3. The number of morpholine rings is 2. The number of rotatable bonds is 4. The summed E-state index contributed by atoms with van der Waals surface area (Å²) in [6, 6.07) is 11.8. The lowest BCUT2D eigenvalue weighted by atomic mass is 10.1. The van der Waals surface area contributed by atoms with Crippen molar-refractivity contribution in [1.82, 2.24) is 20.3 Å². The summed E-state index contributed by atoms with van der Waals surface area (Å²) < 4.78 is 11.5. The van der Waals surface area contributed by atoms with Crippen LogP contribution in [0.25, 0.3) is 22.3 Å². The minimum atomic E-state index is -0.122. The third-order valence-corrected chi connectivity index (χ3v) is 7.29. The molecule has 6 rings (SSSR count). The van der Waals surface area contributed by atoms with Gasteiger partial charge in [0.2, 0.25) is 5.95 Å². The number of pyridine rings is 1. The third-order valence-electron chi connectivity index (χ3n) is 7.29. The van der Waals surface area contributed by atoms with Gasteiger partial charge in [-0.3, -0.25) is 4.79 Å². The largest absolute Gasteiger partial charge is 0.377 e. The van der Waals surface area contributed by atoms with Crippen LogP contribution in [-0.2, 0) is 9.47 Å². The van der Waals surface area contributed by atoms with Gasteiger partial charge >= 0.3 is 0 Å². The van der Waals surface area contributed by atoms with Crippen molar-refractivity contribution in [3.8, 4) is 11.3 Å². The Morgan fingerprint density at radius 3 is 2.74 bits per heavy atom. The van der Waals surface area contributed by atoms with Crippen molar-refractivity contribution >= 4 is 28.7 Å². The standard InChI is InChI=1S/C26H30N6O3/c1-17-15-34-12-10-31(17)23-20-6-7-21(18-4-3-5-19(14-18)24(33)27-2)28-22(20)29-25(30-23)32-11-13-35-16-26(32)8-9-26/h3-7,14,17H,8-13,15-16H2,1-2H3,(H,27,33)/t17-/m0/s1. The number of hydrogen-bond donors (Lipinski definition) is 1. The van der Waals surface area contributed by atoms with Gasteiger partial charge in [-0.2, -0.15) is 9.97 Å². The molecule has 1 spiro atoms. The number of fused-ring (bicyclic) bond motifs is 1. The van der Waals surface area contributed by atoms with Gasteiger partial charge in [0, 0.05) is 31.3 Å². The molecule has 3 fully saturated rings. The number of carbonyl (C=O) groups excluding carboxylic acids is 1. The van der Waals surface area contributed by atoms with Gasteiger partial charge < -0.3 is 24.6 Å². The van der Waals surface area contributed by atoms with Crippen LogP contribution in [0.1, 0.15) is 30.1 Å². The molecule has 1 aromatic carbocycles. The van der Waals surface area contributed by atoms with E-state index in [2.05, 4.69) is 28.1 Å². The summed E-state index contributed by atoms with van der Waals surface area (Å²) in [7, 11) is 1.63. The molecule has 3 aliphatic rings. The van der Waals surface area contributed by atoms with Crippen LogP contribution in [0, 0.1) is 0 Å². The highest BCUT2D eigenvalue weighted by atomic mass is 16.5. The fourth-order valence-corrected chi connectivity index (χ4v) is 5.09. The molecule has 1 N–H and O–H groups in total. The van der Waals surface area contributed by atoms with E-state index in [0.29, 0.717) is 31.0 Å². The van der Waals surface area contributed by atoms with Gasteiger partial charge in [-0.05, 0) is 44.0 Å². The van der Waals surface area contributed by atoms with Crippen LogP contribution in [0.15, 0.2) is 36.4 Å². The first kappa shape index (κ1) is 22.2. The van der Waals surface area contributed by atoms with E-state index in [0.717, 1.165) is 60.9 Å². The average molecular weight is 475 g/mol. The van der Waals surface area contributed by atoms with Gasteiger partial charge in [0.25, 0.3) is 5.91 Å². The van der Waals surface area contributed by atoms with Gasteiger partial charge in [-0.25, -0.2) is 4.98 Å². The van der Waals surface area contributed by atoms with Crippen LogP contribution >= 0.6 is 0 Å². The Morgan fingerprint density at radius 1 is 1.09 bits per heavy atom. The predicted octanol–water partition coefficient (Wildman–Crippen LogP) is 2.65. The number of nitrogens with zero attached hydrogens (tertiary/aromatic N) is 5. The molecule has 2 aromatic heterocycles. The Morgan fingerprint density at radius 2 is 1.94 bits per heavy atom. The lowest BCUT2D eigenvalue weighted by Gasteiger charge is -2.38. The smallest absolute Gasteiger partial charge is 0.251 e. The molecule has 0 bridgehead atoms. The van der Waals surface area contributed by atoms with E-state index in [4.69, 9.17) is 24.4 Å². The molecule has 4 heterocycles. The van der Waals surface area contributed by atoms with Gasteiger partial charge in [-0.15, -0.1) is 0 Å². The van der Waals surface area contributed by atoms with Crippen LogP contribution < -0.4 is 15.1 Å². The summed E-state index contributed by atoms with van der Waals surface area (Å²) in [5.74, 6) is 1.50.